The van der Waals surface area contributed by atoms with Gasteiger partial charge in [-0.15, -0.1) is 11.3 Å². The van der Waals surface area contributed by atoms with Gasteiger partial charge in [0.2, 0.25) is 11.8 Å². The molecule has 2 aliphatic carbocycles. The maximum Gasteiger partial charge on any atom is 0.320 e. The number of nitrogens with two attached hydrogens (primary N) is 1. The van der Waals surface area contributed by atoms with Gasteiger partial charge in [0.1, 0.15) is 40.7 Å². The monoisotopic (exact) mass is 723 g/mol. The number of fused-ring (bicyclic) bond motifs is 3. The van der Waals surface area contributed by atoms with Crippen molar-refractivity contribution >= 4 is 54.8 Å². The van der Waals surface area contributed by atoms with Crippen LogP contribution in [-0.4, -0.2) is 76.9 Å². The molecular weight excluding hydrogens is 691 g/mol. The van der Waals surface area contributed by atoms with Gasteiger partial charge in [-0.2, -0.15) is 15.2 Å². The summed E-state index contributed by atoms with van der Waals surface area (Å²) in [4.78, 5) is 23.8. The molecule has 5 aliphatic rings. The van der Waals surface area contributed by atoms with Gasteiger partial charge < -0.3 is 20.5 Å². The van der Waals surface area contributed by atoms with E-state index in [0.29, 0.717) is 31.7 Å². The molecule has 1 amide bonds. The smallest absolute Gasteiger partial charge is 0.320 e. The number of nitrogen functional groups attached to an aromatic ring is 1. The number of hydrogen-bond acceptors (Lipinski definition) is 10. The number of carbonyl (C=O) groups is 1. The molecule has 260 valence electrons. The molecule has 4 N–H and O–H groups in total. The number of carbonyl (C=O) groups excluding carboxylic acids is 1. The lowest BCUT2D eigenvalue weighted by molar-refractivity contribution is -0.122. The van der Waals surface area contributed by atoms with E-state index in [1.165, 1.54) is 31.0 Å². The maximum atomic E-state index is 16.8. The summed E-state index contributed by atoms with van der Waals surface area (Å²) in [5.41, 5.74) is 6.07. The van der Waals surface area contributed by atoms with E-state index in [-0.39, 0.29) is 108 Å². The number of halogens is 4. The van der Waals surface area contributed by atoms with E-state index in [1.807, 2.05) is 6.07 Å². The van der Waals surface area contributed by atoms with Crippen LogP contribution in [0.3, 0.4) is 0 Å². The average Bonchev–Trinajstić information content (AvgIpc) is 3.96. The highest BCUT2D eigenvalue weighted by atomic mass is 35.5. The highest BCUT2D eigenvalue weighted by Crippen LogP contribution is 2.46. The first-order valence-corrected chi connectivity index (χ1v) is 18.2. The van der Waals surface area contributed by atoms with Gasteiger partial charge in [-0.05, 0) is 55.8 Å². The second-order valence-electron chi connectivity index (χ2n) is 14.2. The van der Waals surface area contributed by atoms with Crippen molar-refractivity contribution in [2.45, 2.75) is 75.0 Å². The predicted molar refractivity (Wildman–Crippen MR) is 182 cm³/mol. The fraction of sp³-hybridized carbons (Fsp3) is 0.486. The Morgan fingerprint density at radius 3 is 2.82 bits per heavy atom. The van der Waals surface area contributed by atoms with E-state index in [4.69, 9.17) is 26.8 Å². The lowest BCUT2D eigenvalue weighted by atomic mass is 9.89. The van der Waals surface area contributed by atoms with Gasteiger partial charge in [0.25, 0.3) is 0 Å². The van der Waals surface area contributed by atoms with Gasteiger partial charge in [-0.3, -0.25) is 15.0 Å². The molecule has 2 saturated carbocycles. The van der Waals surface area contributed by atoms with Crippen molar-refractivity contribution < 1.29 is 27.4 Å². The Kier molecular flexibility index (Phi) is 7.76. The van der Waals surface area contributed by atoms with Crippen LogP contribution in [0, 0.1) is 34.8 Å². The minimum atomic E-state index is -0.869. The molecule has 2 aromatic carbocycles. The zero-order chi connectivity index (χ0) is 34.4. The number of nitrogens with one attached hydrogen (secondary N) is 2. The van der Waals surface area contributed by atoms with Gasteiger partial charge >= 0.3 is 6.01 Å². The first kappa shape index (κ1) is 32.0. The number of thiophene rings is 1. The number of hydrogen-bond donors (Lipinski definition) is 3. The molecule has 3 saturated heterocycles. The van der Waals surface area contributed by atoms with E-state index < -0.39 is 17.8 Å². The fourth-order valence-electron chi connectivity index (χ4n) is 8.06. The van der Waals surface area contributed by atoms with Crippen LogP contribution in [-0.2, 0) is 4.79 Å². The first-order valence-electron chi connectivity index (χ1n) is 17.0. The van der Waals surface area contributed by atoms with Crippen molar-refractivity contribution in [3.8, 4) is 29.1 Å². The summed E-state index contributed by atoms with van der Waals surface area (Å²) >= 11 is 7.68. The molecule has 0 spiro atoms. The standard InChI is InChI=1S/C35H33ClF3N7O3S/c36-22-10-20-29(27(39)26(22)19-3-4-23(38)31-25(19)21(11-40)32(41)50-31)44-35(48-13-15-5-6-46-12-16(37)7-24(15)46)45-34(20)49-18-8-17(9-18)42-33(47)30-28(43-30)14-1-2-14/h3-4,10,14-18,24,28,30,43H,1-2,5-9,12-13,41H2,(H,42,47)/t15?,16-,17-,18+,24?,28+,30-/m1/s1. The maximum absolute atomic E-state index is 16.8. The Bertz CT molecular complexity index is 2100. The Morgan fingerprint density at radius 2 is 2.04 bits per heavy atom. The number of rotatable bonds is 9. The predicted octanol–water partition coefficient (Wildman–Crippen LogP) is 5.48. The van der Waals surface area contributed by atoms with Gasteiger partial charge in [0, 0.05) is 54.4 Å². The Hall–Kier alpha value is -3.90. The quantitative estimate of drug-likeness (QED) is 0.191. The van der Waals surface area contributed by atoms with Crippen molar-refractivity contribution in [2.24, 2.45) is 11.8 Å². The van der Waals surface area contributed by atoms with Crippen molar-refractivity contribution in [3.05, 3.63) is 40.4 Å². The van der Waals surface area contributed by atoms with Crippen LogP contribution in [0.1, 0.15) is 44.1 Å². The van der Waals surface area contributed by atoms with Crippen LogP contribution in [0.5, 0.6) is 11.9 Å². The minimum Gasteiger partial charge on any atom is -0.474 e. The van der Waals surface area contributed by atoms with E-state index in [0.717, 1.165) is 24.3 Å². The van der Waals surface area contributed by atoms with E-state index in [9.17, 15) is 18.8 Å². The minimum absolute atomic E-state index is 0.00330. The summed E-state index contributed by atoms with van der Waals surface area (Å²) in [5, 5.41) is 16.7. The van der Waals surface area contributed by atoms with Crippen LogP contribution in [0.4, 0.5) is 18.2 Å². The van der Waals surface area contributed by atoms with Crippen LogP contribution in [0.2, 0.25) is 5.02 Å². The zero-order valence-electron chi connectivity index (χ0n) is 26.7. The van der Waals surface area contributed by atoms with Crippen molar-refractivity contribution in [1.82, 2.24) is 25.5 Å². The first-order chi connectivity index (χ1) is 24.2. The number of anilines is 1. The van der Waals surface area contributed by atoms with Crippen molar-refractivity contribution in [1.29, 1.82) is 5.26 Å². The molecule has 4 aromatic rings. The third-order valence-corrected chi connectivity index (χ3v) is 12.3. The van der Waals surface area contributed by atoms with Gasteiger partial charge in [0.15, 0.2) is 5.82 Å². The molecule has 2 unspecified atom stereocenters. The summed E-state index contributed by atoms with van der Waals surface area (Å²) in [7, 11) is 0. The molecule has 0 radical (unpaired) electrons. The molecule has 5 atom stereocenters. The fourth-order valence-corrected chi connectivity index (χ4v) is 9.31. The summed E-state index contributed by atoms with van der Waals surface area (Å²) in [6.45, 7) is 1.42. The van der Waals surface area contributed by atoms with Crippen molar-refractivity contribution in [2.75, 3.05) is 25.4 Å². The number of benzene rings is 2. The summed E-state index contributed by atoms with van der Waals surface area (Å²) < 4.78 is 58.3. The number of ether oxygens (including phenoxy) is 2. The third-order valence-electron chi connectivity index (χ3n) is 10.9. The molecule has 0 bridgehead atoms. The Labute approximate surface area is 294 Å². The third kappa shape index (κ3) is 5.49. The van der Waals surface area contributed by atoms with Crippen LogP contribution < -0.4 is 25.8 Å². The summed E-state index contributed by atoms with van der Waals surface area (Å²) in [6.07, 6.45) is 3.51. The Balaban J connectivity index is 1.03. The van der Waals surface area contributed by atoms with Gasteiger partial charge in [-0.1, -0.05) is 17.7 Å². The van der Waals surface area contributed by atoms with E-state index >= 15 is 4.39 Å². The number of nitrogens with zero attached hydrogens (tertiary/aromatic N) is 4. The van der Waals surface area contributed by atoms with E-state index in [2.05, 4.69) is 25.5 Å². The van der Waals surface area contributed by atoms with Gasteiger partial charge in [-0.25, -0.2) is 13.2 Å². The SMILES string of the molecule is N#Cc1c(N)sc2c(F)ccc(-c3c(Cl)cc4c(O[C@H]5C[C@@H](NC(=O)[C@@H]6N[C@H]6C6CC6)C5)nc(OCC5CCN6C[C@H](F)CC56)nc4c3F)c12. The van der Waals surface area contributed by atoms with Crippen LogP contribution in [0.15, 0.2) is 18.2 Å². The average molecular weight is 724 g/mol. The lowest BCUT2D eigenvalue weighted by Gasteiger charge is -2.35. The van der Waals surface area contributed by atoms with Crippen LogP contribution >= 0.6 is 22.9 Å². The number of aromatic nitrogens is 2. The molecule has 15 heteroatoms. The van der Waals surface area contributed by atoms with Crippen molar-refractivity contribution in [3.63, 3.8) is 0 Å². The van der Waals surface area contributed by atoms with Gasteiger partial charge in [0.05, 0.1) is 27.3 Å². The zero-order valence-corrected chi connectivity index (χ0v) is 28.3. The molecule has 10 nitrogen and oxygen atoms in total. The molecule has 9 rings (SSSR count). The molecule has 5 heterocycles. The largest absolute Gasteiger partial charge is 0.474 e. The number of alkyl halides is 1. The molecular formula is C35H33ClF3N7O3S. The topological polar surface area (TPSA) is 148 Å². The normalized spacial score (nSPS) is 28.7. The highest BCUT2D eigenvalue weighted by Gasteiger charge is 2.51. The Morgan fingerprint density at radius 1 is 1.22 bits per heavy atom. The lowest BCUT2D eigenvalue weighted by Crippen LogP contribution is -2.50. The highest BCUT2D eigenvalue weighted by molar-refractivity contribution is 7.23. The molecule has 50 heavy (non-hydrogen) atoms. The molecule has 2 aromatic heterocycles. The van der Waals surface area contributed by atoms with Crippen LogP contribution in [0.25, 0.3) is 32.1 Å². The number of nitriles is 1. The second-order valence-corrected chi connectivity index (χ2v) is 15.6. The second kappa shape index (κ2) is 12.1. The number of amides is 1. The van der Waals surface area contributed by atoms with E-state index in [1.54, 1.807) is 0 Å². The molecule has 5 fully saturated rings. The summed E-state index contributed by atoms with van der Waals surface area (Å²) in [5.74, 6) is -0.674. The molecule has 3 aliphatic heterocycles. The summed E-state index contributed by atoms with van der Waals surface area (Å²) in [6, 6.07) is 6.11.